The summed E-state index contributed by atoms with van der Waals surface area (Å²) in [5.74, 6) is 0.0250. The van der Waals surface area contributed by atoms with Crippen molar-refractivity contribution in [1.29, 1.82) is 0 Å². The summed E-state index contributed by atoms with van der Waals surface area (Å²) in [6.45, 7) is -0.205. The molecule has 0 radical (unpaired) electrons. The van der Waals surface area contributed by atoms with Crippen LogP contribution in [0.2, 0.25) is 10.0 Å². The Kier molecular flexibility index (Phi) is 6.65. The van der Waals surface area contributed by atoms with E-state index in [4.69, 9.17) is 40.2 Å². The number of carbonyl (C=O) groups excluding carboxylic acids is 1. The van der Waals surface area contributed by atoms with Crippen molar-refractivity contribution in [3.05, 3.63) is 57.0 Å². The predicted octanol–water partition coefficient (Wildman–Crippen LogP) is 4.65. The summed E-state index contributed by atoms with van der Waals surface area (Å²) in [6, 6.07) is 12.1. The van der Waals surface area contributed by atoms with Crippen LogP contribution in [-0.4, -0.2) is 17.6 Å². The van der Waals surface area contributed by atoms with Crippen molar-refractivity contribution in [3.63, 3.8) is 0 Å². The number of nitrogens with one attached hydrogen (secondary N) is 2. The Morgan fingerprint density at radius 3 is 2.52 bits per heavy atom. The lowest BCUT2D eigenvalue weighted by Gasteiger charge is -2.11. The molecule has 2 rings (SSSR count). The Hall–Kier alpha value is -1.34. The summed E-state index contributed by atoms with van der Waals surface area (Å²) in [6.07, 6.45) is 0. The number of rotatable bonds is 4. The quantitative estimate of drug-likeness (QED) is 0.689. The van der Waals surface area contributed by atoms with Gasteiger partial charge >= 0.3 is 0 Å². The number of anilines is 1. The van der Waals surface area contributed by atoms with Crippen molar-refractivity contribution < 1.29 is 9.53 Å². The molecule has 2 N–H and O–H groups in total. The Bertz CT molecular complexity index is 726. The minimum atomic E-state index is -0.393. The molecule has 0 aliphatic carbocycles. The maximum Gasteiger partial charge on any atom is 0.264 e. The molecule has 4 nitrogen and oxygen atoms in total. The molecule has 0 atom stereocenters. The standard InChI is InChI=1S/C15H11BrCl2N2O2S/c16-9-1-6-13(12(18)7-9)22-8-14(21)20-15(23)19-11-4-2-10(17)3-5-11/h1-7H,8H2,(H2,19,20,21,23). The zero-order chi connectivity index (χ0) is 16.8. The summed E-state index contributed by atoms with van der Waals surface area (Å²) in [5.41, 5.74) is 0.719. The first-order valence-electron chi connectivity index (χ1n) is 6.38. The molecule has 1 amide bonds. The number of carbonyl (C=O) groups is 1. The minimum absolute atomic E-state index is 0.169. The smallest absolute Gasteiger partial charge is 0.264 e. The Morgan fingerprint density at radius 1 is 1.17 bits per heavy atom. The molecule has 0 aliphatic rings. The molecule has 120 valence electrons. The predicted molar refractivity (Wildman–Crippen MR) is 100 cm³/mol. The van der Waals surface area contributed by atoms with Crippen LogP contribution in [0.15, 0.2) is 46.9 Å². The molecule has 0 aromatic heterocycles. The van der Waals surface area contributed by atoms with Gasteiger partial charge in [-0.25, -0.2) is 0 Å². The molecule has 23 heavy (non-hydrogen) atoms. The zero-order valence-corrected chi connectivity index (χ0v) is 15.5. The summed E-state index contributed by atoms with van der Waals surface area (Å²) >= 11 is 20.1. The molecule has 0 heterocycles. The number of benzene rings is 2. The van der Waals surface area contributed by atoms with Crippen molar-refractivity contribution in [1.82, 2.24) is 5.32 Å². The first-order chi connectivity index (χ1) is 10.9. The van der Waals surface area contributed by atoms with Crippen LogP contribution in [0.1, 0.15) is 0 Å². The van der Waals surface area contributed by atoms with Gasteiger partial charge in [-0.15, -0.1) is 0 Å². The normalized spacial score (nSPS) is 10.0. The molecule has 0 fully saturated rings. The van der Waals surface area contributed by atoms with Gasteiger partial charge in [0, 0.05) is 15.2 Å². The van der Waals surface area contributed by atoms with Gasteiger partial charge < -0.3 is 10.1 Å². The first-order valence-corrected chi connectivity index (χ1v) is 8.34. The lowest BCUT2D eigenvalue weighted by atomic mass is 10.3. The first kappa shape index (κ1) is 18.0. The van der Waals surface area contributed by atoms with Crippen LogP contribution in [0.25, 0.3) is 0 Å². The third-order valence-electron chi connectivity index (χ3n) is 2.61. The maximum absolute atomic E-state index is 11.8. The third-order valence-corrected chi connectivity index (χ3v) is 3.85. The molecule has 2 aromatic carbocycles. The molecule has 0 unspecified atom stereocenters. The van der Waals surface area contributed by atoms with Crippen molar-refractivity contribution in [2.75, 3.05) is 11.9 Å². The summed E-state index contributed by atoms with van der Waals surface area (Å²) < 4.78 is 6.18. The Balaban J connectivity index is 1.82. The average Bonchev–Trinajstić information content (AvgIpc) is 2.48. The Labute approximate surface area is 157 Å². The molecule has 0 aliphatic heterocycles. The van der Waals surface area contributed by atoms with Crippen molar-refractivity contribution in [2.45, 2.75) is 0 Å². The van der Waals surface area contributed by atoms with Gasteiger partial charge in [0.25, 0.3) is 5.91 Å². The molecule has 0 bridgehead atoms. The number of hydrogen-bond acceptors (Lipinski definition) is 3. The van der Waals surface area contributed by atoms with Gasteiger partial charge in [-0.3, -0.25) is 10.1 Å². The van der Waals surface area contributed by atoms with E-state index in [9.17, 15) is 4.79 Å². The number of thiocarbonyl (C=S) groups is 1. The van der Waals surface area contributed by atoms with Crippen LogP contribution in [0.4, 0.5) is 5.69 Å². The van der Waals surface area contributed by atoms with Gasteiger partial charge in [-0.2, -0.15) is 0 Å². The van der Waals surface area contributed by atoms with Crippen LogP contribution in [-0.2, 0) is 4.79 Å². The second-order valence-corrected chi connectivity index (χ2v) is 6.54. The Morgan fingerprint density at radius 2 is 1.87 bits per heavy atom. The van der Waals surface area contributed by atoms with E-state index < -0.39 is 5.91 Å². The van der Waals surface area contributed by atoms with E-state index in [0.717, 1.165) is 10.2 Å². The molecule has 0 saturated carbocycles. The van der Waals surface area contributed by atoms with Crippen LogP contribution < -0.4 is 15.4 Å². The summed E-state index contributed by atoms with van der Waals surface area (Å²) in [5, 5.41) is 6.58. The monoisotopic (exact) mass is 432 g/mol. The lowest BCUT2D eigenvalue weighted by molar-refractivity contribution is -0.121. The fourth-order valence-electron chi connectivity index (χ4n) is 1.59. The molecular weight excluding hydrogens is 423 g/mol. The number of halogens is 3. The van der Waals surface area contributed by atoms with Gasteiger partial charge in [0.05, 0.1) is 5.02 Å². The van der Waals surface area contributed by atoms with E-state index in [2.05, 4.69) is 26.6 Å². The van der Waals surface area contributed by atoms with Gasteiger partial charge in [-0.1, -0.05) is 39.1 Å². The van der Waals surface area contributed by atoms with Crippen molar-refractivity contribution >= 4 is 68.1 Å². The third kappa shape index (κ3) is 5.99. The number of amides is 1. The number of ether oxygens (including phenoxy) is 1. The molecular formula is C15H11BrCl2N2O2S. The van der Waals surface area contributed by atoms with Crippen molar-refractivity contribution in [3.8, 4) is 5.75 Å². The minimum Gasteiger partial charge on any atom is -0.482 e. The SMILES string of the molecule is O=C(COc1ccc(Br)cc1Cl)NC(=S)Nc1ccc(Cl)cc1. The second-order valence-electron chi connectivity index (χ2n) is 4.37. The highest BCUT2D eigenvalue weighted by atomic mass is 79.9. The van der Waals surface area contributed by atoms with Gasteiger partial charge in [0.15, 0.2) is 11.7 Å². The van der Waals surface area contributed by atoms with E-state index in [0.29, 0.717) is 15.8 Å². The van der Waals surface area contributed by atoms with E-state index >= 15 is 0 Å². The lowest BCUT2D eigenvalue weighted by Crippen LogP contribution is -2.37. The van der Waals surface area contributed by atoms with E-state index in [1.807, 2.05) is 0 Å². The molecule has 0 spiro atoms. The largest absolute Gasteiger partial charge is 0.482 e. The maximum atomic E-state index is 11.8. The molecule has 8 heteroatoms. The summed E-state index contributed by atoms with van der Waals surface area (Å²) in [4.78, 5) is 11.8. The highest BCUT2D eigenvalue weighted by molar-refractivity contribution is 9.10. The van der Waals surface area contributed by atoms with Gasteiger partial charge in [-0.05, 0) is 54.7 Å². The fourth-order valence-corrected chi connectivity index (χ4v) is 2.68. The average molecular weight is 434 g/mol. The number of hydrogen-bond donors (Lipinski definition) is 2. The van der Waals surface area contributed by atoms with Crippen LogP contribution in [0.5, 0.6) is 5.75 Å². The van der Waals surface area contributed by atoms with Crippen LogP contribution >= 0.6 is 51.3 Å². The second kappa shape index (κ2) is 8.49. The van der Waals surface area contributed by atoms with Crippen molar-refractivity contribution in [2.24, 2.45) is 0 Å². The van der Waals surface area contributed by atoms with Crippen LogP contribution in [0, 0.1) is 0 Å². The summed E-state index contributed by atoms with van der Waals surface area (Å²) in [7, 11) is 0. The topological polar surface area (TPSA) is 50.4 Å². The van der Waals surface area contributed by atoms with E-state index in [1.54, 1.807) is 42.5 Å². The van der Waals surface area contributed by atoms with E-state index in [-0.39, 0.29) is 11.7 Å². The van der Waals surface area contributed by atoms with Crippen LogP contribution in [0.3, 0.4) is 0 Å². The fraction of sp³-hybridized carbons (Fsp3) is 0.0667. The van der Waals surface area contributed by atoms with E-state index in [1.165, 1.54) is 0 Å². The van der Waals surface area contributed by atoms with Gasteiger partial charge in [0.2, 0.25) is 0 Å². The zero-order valence-electron chi connectivity index (χ0n) is 11.6. The molecule has 2 aromatic rings. The highest BCUT2D eigenvalue weighted by Crippen LogP contribution is 2.27. The van der Waals surface area contributed by atoms with Gasteiger partial charge in [0.1, 0.15) is 5.75 Å². The molecule has 0 saturated heterocycles. The highest BCUT2D eigenvalue weighted by Gasteiger charge is 2.08.